The van der Waals surface area contributed by atoms with Crippen LogP contribution in [0.25, 0.3) is 10.9 Å². The van der Waals surface area contributed by atoms with Crippen molar-refractivity contribution >= 4 is 10.9 Å². The highest BCUT2D eigenvalue weighted by Crippen LogP contribution is 2.26. The SMILES string of the molecule is Cc1ccc(C(OCC(O)Cn2nc(C)c3c(C)onc3c2=O)c2ccccc2)cc1. The lowest BCUT2D eigenvalue weighted by Crippen LogP contribution is -2.32. The van der Waals surface area contributed by atoms with E-state index in [-0.39, 0.29) is 24.8 Å². The van der Waals surface area contributed by atoms with E-state index in [9.17, 15) is 9.90 Å². The van der Waals surface area contributed by atoms with Crippen molar-refractivity contribution in [1.29, 1.82) is 0 Å². The summed E-state index contributed by atoms with van der Waals surface area (Å²) >= 11 is 0. The van der Waals surface area contributed by atoms with Crippen molar-refractivity contribution in [2.45, 2.75) is 39.5 Å². The van der Waals surface area contributed by atoms with Gasteiger partial charge in [-0.05, 0) is 31.9 Å². The minimum atomic E-state index is -0.924. The van der Waals surface area contributed by atoms with Crippen LogP contribution in [-0.2, 0) is 11.3 Å². The van der Waals surface area contributed by atoms with Gasteiger partial charge in [0.15, 0.2) is 5.52 Å². The first-order chi connectivity index (χ1) is 14.9. The van der Waals surface area contributed by atoms with Crippen molar-refractivity contribution in [3.05, 3.63) is 93.1 Å². The molecule has 4 rings (SSSR count). The molecule has 0 spiro atoms. The van der Waals surface area contributed by atoms with Crippen molar-refractivity contribution in [1.82, 2.24) is 14.9 Å². The zero-order valence-electron chi connectivity index (χ0n) is 17.8. The molecule has 0 aliphatic rings. The number of hydrogen-bond donors (Lipinski definition) is 1. The Kier molecular flexibility index (Phi) is 5.97. The lowest BCUT2D eigenvalue weighted by molar-refractivity contribution is -0.00243. The average Bonchev–Trinajstić information content (AvgIpc) is 3.16. The minimum Gasteiger partial charge on any atom is -0.389 e. The van der Waals surface area contributed by atoms with Crippen LogP contribution in [0.3, 0.4) is 0 Å². The molecule has 0 amide bonds. The van der Waals surface area contributed by atoms with Gasteiger partial charge >= 0.3 is 0 Å². The Morgan fingerprint density at radius 1 is 1.03 bits per heavy atom. The van der Waals surface area contributed by atoms with E-state index < -0.39 is 11.7 Å². The molecule has 0 aliphatic heterocycles. The minimum absolute atomic E-state index is 0.00305. The number of rotatable bonds is 7. The van der Waals surface area contributed by atoms with Crippen LogP contribution >= 0.6 is 0 Å². The number of benzene rings is 2. The highest BCUT2D eigenvalue weighted by molar-refractivity contribution is 5.81. The highest BCUT2D eigenvalue weighted by atomic mass is 16.5. The lowest BCUT2D eigenvalue weighted by atomic mass is 10.0. The maximum absolute atomic E-state index is 12.7. The monoisotopic (exact) mass is 419 g/mol. The van der Waals surface area contributed by atoms with E-state index in [1.807, 2.05) is 61.5 Å². The Bertz CT molecular complexity index is 1230. The Morgan fingerprint density at radius 3 is 2.42 bits per heavy atom. The molecule has 0 bridgehead atoms. The Morgan fingerprint density at radius 2 is 1.71 bits per heavy atom. The third kappa shape index (κ3) is 4.42. The number of hydrogen-bond acceptors (Lipinski definition) is 6. The van der Waals surface area contributed by atoms with Gasteiger partial charge in [-0.1, -0.05) is 65.3 Å². The fourth-order valence-electron chi connectivity index (χ4n) is 3.68. The summed E-state index contributed by atoms with van der Waals surface area (Å²) in [5, 5.41) is 19.4. The molecule has 0 saturated heterocycles. The first-order valence-corrected chi connectivity index (χ1v) is 10.2. The molecule has 1 N–H and O–H groups in total. The van der Waals surface area contributed by atoms with Crippen LogP contribution in [0.1, 0.15) is 34.2 Å². The fraction of sp³-hybridized carbons (Fsp3) is 0.292. The van der Waals surface area contributed by atoms with Gasteiger partial charge in [-0.25, -0.2) is 4.68 Å². The summed E-state index contributed by atoms with van der Waals surface area (Å²) in [5.41, 5.74) is 3.60. The van der Waals surface area contributed by atoms with Crippen LogP contribution in [0, 0.1) is 20.8 Å². The van der Waals surface area contributed by atoms with Crippen molar-refractivity contribution in [3.63, 3.8) is 0 Å². The van der Waals surface area contributed by atoms with E-state index in [1.54, 1.807) is 13.8 Å². The normalized spacial score (nSPS) is 13.4. The van der Waals surface area contributed by atoms with Gasteiger partial charge < -0.3 is 14.4 Å². The Hall–Kier alpha value is -3.29. The van der Waals surface area contributed by atoms with Crippen molar-refractivity contribution in [3.8, 4) is 0 Å². The summed E-state index contributed by atoms with van der Waals surface area (Å²) in [6.45, 7) is 5.60. The number of aliphatic hydroxyl groups excluding tert-OH is 1. The van der Waals surface area contributed by atoms with Crippen LogP contribution in [0.15, 0.2) is 63.9 Å². The third-order valence-electron chi connectivity index (χ3n) is 5.25. The average molecular weight is 419 g/mol. The molecule has 7 heteroatoms. The number of ether oxygens (including phenoxy) is 1. The second kappa shape index (κ2) is 8.83. The molecule has 0 radical (unpaired) electrons. The predicted molar refractivity (Wildman–Crippen MR) is 117 cm³/mol. The van der Waals surface area contributed by atoms with Crippen LogP contribution in [0.2, 0.25) is 0 Å². The number of aryl methyl sites for hydroxylation is 3. The lowest BCUT2D eigenvalue weighted by Gasteiger charge is -2.21. The molecule has 2 unspecified atom stereocenters. The molecule has 4 aromatic rings. The second-order valence-corrected chi connectivity index (χ2v) is 7.72. The van der Waals surface area contributed by atoms with Crippen molar-refractivity contribution in [2.24, 2.45) is 0 Å². The maximum atomic E-state index is 12.7. The van der Waals surface area contributed by atoms with E-state index >= 15 is 0 Å². The molecule has 160 valence electrons. The first-order valence-electron chi connectivity index (χ1n) is 10.2. The molecule has 2 aromatic heterocycles. The number of aromatic nitrogens is 3. The molecular formula is C24H25N3O4. The molecule has 2 aromatic carbocycles. The van der Waals surface area contributed by atoms with Gasteiger partial charge in [-0.15, -0.1) is 0 Å². The molecule has 2 heterocycles. The van der Waals surface area contributed by atoms with Crippen molar-refractivity contribution in [2.75, 3.05) is 6.61 Å². The van der Waals surface area contributed by atoms with E-state index in [2.05, 4.69) is 10.3 Å². The van der Waals surface area contributed by atoms with Crippen LogP contribution < -0.4 is 5.56 Å². The summed E-state index contributed by atoms with van der Waals surface area (Å²) in [6, 6.07) is 18.0. The summed E-state index contributed by atoms with van der Waals surface area (Å²) in [5.74, 6) is 0.553. The number of nitrogens with zero attached hydrogens (tertiary/aromatic N) is 3. The fourth-order valence-corrected chi connectivity index (χ4v) is 3.68. The quantitative estimate of drug-likeness (QED) is 0.493. The van der Waals surface area contributed by atoms with E-state index in [0.29, 0.717) is 16.8 Å². The van der Waals surface area contributed by atoms with Crippen LogP contribution in [0.5, 0.6) is 0 Å². The summed E-state index contributed by atoms with van der Waals surface area (Å²) in [6.07, 6.45) is -1.25. The van der Waals surface area contributed by atoms with Gasteiger partial charge in [-0.2, -0.15) is 5.10 Å². The largest absolute Gasteiger partial charge is 0.389 e. The molecule has 7 nitrogen and oxygen atoms in total. The summed E-state index contributed by atoms with van der Waals surface area (Å²) in [7, 11) is 0. The van der Waals surface area contributed by atoms with Gasteiger partial charge in [0.2, 0.25) is 0 Å². The van der Waals surface area contributed by atoms with Gasteiger partial charge in [0.25, 0.3) is 5.56 Å². The molecule has 31 heavy (non-hydrogen) atoms. The number of fused-ring (bicyclic) bond motifs is 1. The van der Waals surface area contributed by atoms with E-state index in [4.69, 9.17) is 9.26 Å². The van der Waals surface area contributed by atoms with Gasteiger partial charge in [0.05, 0.1) is 30.3 Å². The molecular weight excluding hydrogens is 394 g/mol. The smallest absolute Gasteiger partial charge is 0.296 e. The predicted octanol–water partition coefficient (Wildman–Crippen LogP) is 3.48. The van der Waals surface area contributed by atoms with Gasteiger partial charge in [-0.3, -0.25) is 4.79 Å². The standard InChI is InChI=1S/C24H25N3O4/c1-15-9-11-19(12-10-15)23(18-7-5-4-6-8-18)30-14-20(28)13-27-24(29)22-21(16(2)25-27)17(3)31-26-22/h4-12,20,23,28H,13-14H2,1-3H3. The zero-order valence-corrected chi connectivity index (χ0v) is 17.8. The molecule has 0 fully saturated rings. The van der Waals surface area contributed by atoms with E-state index in [1.165, 1.54) is 4.68 Å². The first kappa shape index (κ1) is 21.0. The molecule has 0 aliphatic carbocycles. The Balaban J connectivity index is 1.53. The van der Waals surface area contributed by atoms with Gasteiger partial charge in [0.1, 0.15) is 11.9 Å². The third-order valence-corrected chi connectivity index (χ3v) is 5.25. The highest BCUT2D eigenvalue weighted by Gasteiger charge is 2.20. The zero-order chi connectivity index (χ0) is 22.0. The topological polar surface area (TPSA) is 90.4 Å². The second-order valence-electron chi connectivity index (χ2n) is 7.72. The number of aliphatic hydroxyl groups is 1. The molecule has 0 saturated carbocycles. The molecule has 2 atom stereocenters. The van der Waals surface area contributed by atoms with Gasteiger partial charge in [0, 0.05) is 0 Å². The van der Waals surface area contributed by atoms with Crippen molar-refractivity contribution < 1.29 is 14.4 Å². The van der Waals surface area contributed by atoms with Crippen LogP contribution in [0.4, 0.5) is 0 Å². The summed E-state index contributed by atoms with van der Waals surface area (Å²) in [4.78, 5) is 12.7. The summed E-state index contributed by atoms with van der Waals surface area (Å²) < 4.78 is 12.5. The van der Waals surface area contributed by atoms with E-state index in [0.717, 1.165) is 16.7 Å². The Labute approximate surface area is 179 Å². The maximum Gasteiger partial charge on any atom is 0.296 e. The van der Waals surface area contributed by atoms with Crippen LogP contribution in [-0.4, -0.2) is 32.8 Å².